The van der Waals surface area contributed by atoms with E-state index in [1.54, 1.807) is 0 Å². The van der Waals surface area contributed by atoms with E-state index in [9.17, 15) is 0 Å². The molecular weight excluding hydrogens is 810 g/mol. The third-order valence-corrected chi connectivity index (χ3v) is 11.6. The van der Waals surface area contributed by atoms with E-state index in [0.717, 1.165) is 16.5 Å². The van der Waals surface area contributed by atoms with E-state index < -0.39 is 0 Å². The number of benzene rings is 4. The van der Waals surface area contributed by atoms with Crippen LogP contribution in [0.25, 0.3) is 11.1 Å². The number of rotatable bonds is 4. The van der Waals surface area contributed by atoms with Crippen LogP contribution in [0.4, 0.5) is 0 Å². The zero-order valence-electron chi connectivity index (χ0n) is 33.7. The fourth-order valence-electron chi connectivity index (χ4n) is 6.88. The first kappa shape index (κ1) is 47.4. The second kappa shape index (κ2) is 19.4. The molecule has 0 aromatic heterocycles. The molecule has 0 amide bonds. The Balaban J connectivity index is 0.000000285. The minimum atomic E-state index is 0. The Bertz CT molecular complexity index is 1790. The van der Waals surface area contributed by atoms with Crippen molar-refractivity contribution in [2.75, 3.05) is 0 Å². The minimum absolute atomic E-state index is 0. The Morgan fingerprint density at radius 2 is 1.21 bits per heavy atom. The van der Waals surface area contributed by atoms with E-state index >= 15 is 0 Å². The van der Waals surface area contributed by atoms with Crippen molar-refractivity contribution in [3.63, 3.8) is 0 Å². The van der Waals surface area contributed by atoms with Crippen molar-refractivity contribution in [2.24, 2.45) is 11.3 Å². The van der Waals surface area contributed by atoms with Crippen LogP contribution in [0.1, 0.15) is 127 Å². The summed E-state index contributed by atoms with van der Waals surface area (Å²) in [5, 5.41) is 1.53. The molecule has 0 saturated carbocycles. The summed E-state index contributed by atoms with van der Waals surface area (Å²) in [7, 11) is 0. The molecular formula is C48H56Cl4Zr-2. The Hall–Kier alpha value is -1.73. The first-order valence-corrected chi connectivity index (χ1v) is 20.3. The van der Waals surface area contributed by atoms with E-state index in [1.165, 1.54) is 101 Å². The molecule has 0 spiro atoms. The molecule has 4 aromatic carbocycles. The summed E-state index contributed by atoms with van der Waals surface area (Å²) in [5.74, 6) is 0.587. The van der Waals surface area contributed by atoms with Crippen molar-refractivity contribution in [3.8, 4) is 11.1 Å². The van der Waals surface area contributed by atoms with Crippen LogP contribution in [0.15, 0.2) is 84.5 Å². The fraction of sp³-hybridized carbons (Fsp3) is 0.396. The number of aryl methyl sites for hydroxylation is 2. The summed E-state index contributed by atoms with van der Waals surface area (Å²) in [4.78, 5) is 0. The summed E-state index contributed by atoms with van der Waals surface area (Å²) >= 11 is 13.1. The average Bonchev–Trinajstić information content (AvgIpc) is 3.64. The van der Waals surface area contributed by atoms with Crippen LogP contribution in [0.3, 0.4) is 0 Å². The van der Waals surface area contributed by atoms with Gasteiger partial charge in [-0.15, -0.1) is 16.7 Å². The van der Waals surface area contributed by atoms with Crippen LogP contribution in [0.2, 0.25) is 10.0 Å². The van der Waals surface area contributed by atoms with Gasteiger partial charge in [-0.1, -0.05) is 123 Å². The van der Waals surface area contributed by atoms with Crippen molar-refractivity contribution in [2.45, 2.75) is 113 Å². The number of allylic oxidation sites excluding steroid dienone is 4. The van der Waals surface area contributed by atoms with Gasteiger partial charge in [0.1, 0.15) is 0 Å². The number of hydrogen-bond donors (Lipinski definition) is 0. The van der Waals surface area contributed by atoms with Crippen molar-refractivity contribution in [3.05, 3.63) is 151 Å². The Labute approximate surface area is 359 Å². The van der Waals surface area contributed by atoms with Gasteiger partial charge in [0.05, 0.1) is 0 Å². The fourth-order valence-corrected chi connectivity index (χ4v) is 7.95. The molecule has 0 bridgehead atoms. The second-order valence-electron chi connectivity index (χ2n) is 17.2. The topological polar surface area (TPSA) is 0 Å². The molecule has 282 valence electrons. The maximum Gasteiger partial charge on any atom is -1.00 e. The number of fused-ring (bicyclic) bond motifs is 3. The molecule has 0 N–H and O–H groups in total. The van der Waals surface area contributed by atoms with Crippen LogP contribution < -0.4 is 24.8 Å². The maximum absolute atomic E-state index is 5.86. The summed E-state index contributed by atoms with van der Waals surface area (Å²) in [6.07, 6.45) is 11.5. The maximum atomic E-state index is 5.86. The average molecular weight is 866 g/mol. The summed E-state index contributed by atoms with van der Waals surface area (Å²) < 4.78 is 1.31. The second-order valence-corrected chi connectivity index (χ2v) is 19.3. The van der Waals surface area contributed by atoms with Gasteiger partial charge in [0, 0.05) is 0 Å². The van der Waals surface area contributed by atoms with Crippen molar-refractivity contribution in [1.29, 1.82) is 0 Å². The zero-order valence-corrected chi connectivity index (χ0v) is 39.2. The Morgan fingerprint density at radius 1 is 0.717 bits per heavy atom. The number of halogens is 4. The molecule has 0 nitrogen and oxygen atoms in total. The van der Waals surface area contributed by atoms with Gasteiger partial charge < -0.3 is 24.8 Å². The van der Waals surface area contributed by atoms with E-state index in [4.69, 9.17) is 23.2 Å². The van der Waals surface area contributed by atoms with Crippen LogP contribution >= 0.6 is 23.2 Å². The van der Waals surface area contributed by atoms with Gasteiger partial charge in [-0.25, -0.2) is 6.08 Å². The molecule has 1 unspecified atom stereocenters. The third kappa shape index (κ3) is 12.6. The van der Waals surface area contributed by atoms with Gasteiger partial charge in [0.2, 0.25) is 0 Å². The molecule has 2 aliphatic rings. The molecule has 6 rings (SSSR count). The molecule has 0 fully saturated rings. The van der Waals surface area contributed by atoms with Crippen LogP contribution in [-0.4, -0.2) is 3.21 Å². The van der Waals surface area contributed by atoms with E-state index in [2.05, 4.69) is 126 Å². The first-order chi connectivity index (χ1) is 23.7. The largest absolute Gasteiger partial charge is 1.00 e. The summed E-state index contributed by atoms with van der Waals surface area (Å²) in [6.45, 7) is 27.2. The minimum Gasteiger partial charge on any atom is -1.00 e. The van der Waals surface area contributed by atoms with Gasteiger partial charge in [-0.05, 0) is 35.4 Å². The van der Waals surface area contributed by atoms with Gasteiger partial charge >= 0.3 is 120 Å². The normalized spacial score (nSPS) is 14.3. The quantitative estimate of drug-likeness (QED) is 0.160. The molecule has 1 atom stereocenters. The SMILES string of the molecule is CCCC1[C-]=CC(C(C)(C)C)=C1.Cc1[c-]c2c(cc1C(C)(C)C)-c1cc(C(C)(C)C)c(C)cc1C2.Clc1ccc([C](=[Zr+2])c2ccc(Cl)cc2)cc1.[Cl-].[Cl-]. The monoisotopic (exact) mass is 862 g/mol. The van der Waals surface area contributed by atoms with E-state index in [1.807, 2.05) is 48.5 Å². The van der Waals surface area contributed by atoms with E-state index in [-0.39, 0.29) is 35.6 Å². The summed E-state index contributed by atoms with van der Waals surface area (Å²) in [6, 6.07) is 26.8. The van der Waals surface area contributed by atoms with Crippen LogP contribution in [0, 0.1) is 37.3 Å². The van der Waals surface area contributed by atoms with Crippen LogP contribution in [0.5, 0.6) is 0 Å². The molecule has 5 heteroatoms. The first-order valence-electron chi connectivity index (χ1n) is 18.3. The Kier molecular flexibility index (Phi) is 17.4. The van der Waals surface area contributed by atoms with Crippen LogP contribution in [-0.2, 0) is 41.5 Å². The molecule has 53 heavy (non-hydrogen) atoms. The van der Waals surface area contributed by atoms with Crippen molar-refractivity contribution >= 4 is 26.4 Å². The molecule has 0 saturated heterocycles. The standard InChI is InChI=1S/C23H29.C13H8Cl2.C12H19.2ClH.Zr/c1-14-9-16-11-17-10-15(2)21(23(6,7)8)13-19(17)18(16)12-20(14)22(3,4)5;14-12-5-1-10(2-6-12)9-11-3-7-13(15)8-4-11;1-5-6-10-7-8-11(9-10)12(2,3)4;;;/h9,12-13H,11H2,1-8H3;1-8H;8-10H,5-6H2,1-4H3;2*1H;/q-1;;-1;;;+2/p-2. The molecule has 0 aliphatic heterocycles. The molecule has 2 aliphatic carbocycles. The predicted molar refractivity (Wildman–Crippen MR) is 220 cm³/mol. The van der Waals surface area contributed by atoms with Gasteiger partial charge in [-0.3, -0.25) is 6.08 Å². The zero-order chi connectivity index (χ0) is 37.9. The van der Waals surface area contributed by atoms with Crippen molar-refractivity contribution < 1.29 is 49.0 Å². The molecule has 4 aromatic rings. The smallest absolute Gasteiger partial charge is 1.00 e. The Morgan fingerprint density at radius 3 is 1.64 bits per heavy atom. The predicted octanol–water partition coefficient (Wildman–Crippen LogP) is 8.14. The molecule has 0 radical (unpaired) electrons. The van der Waals surface area contributed by atoms with Gasteiger partial charge in [-0.2, -0.15) is 29.3 Å². The van der Waals surface area contributed by atoms with E-state index in [0.29, 0.717) is 11.3 Å². The summed E-state index contributed by atoms with van der Waals surface area (Å²) in [5.41, 5.74) is 15.8. The molecule has 0 heterocycles. The van der Waals surface area contributed by atoms with Gasteiger partial charge in [0.15, 0.2) is 0 Å². The number of hydrogen-bond acceptors (Lipinski definition) is 0. The van der Waals surface area contributed by atoms with Crippen molar-refractivity contribution in [1.82, 2.24) is 0 Å². The van der Waals surface area contributed by atoms with Gasteiger partial charge in [0.25, 0.3) is 0 Å². The third-order valence-electron chi connectivity index (χ3n) is 9.64.